The molecule has 3 aromatic rings. The molecule has 192 valence electrons. The predicted octanol–water partition coefficient (Wildman–Crippen LogP) is 9.34. The molecule has 0 saturated heterocycles. The largest absolute Gasteiger partial charge is 0.373 e. The number of carbonyl (C=O) groups excluding carboxylic acids is 1. The van der Waals surface area contributed by atoms with Gasteiger partial charge in [0.2, 0.25) is 0 Å². The average Bonchev–Trinajstić information content (AvgIpc) is 2.90. The van der Waals surface area contributed by atoms with Gasteiger partial charge >= 0.3 is 5.97 Å². The van der Waals surface area contributed by atoms with Crippen LogP contribution in [0.25, 0.3) is 22.3 Å². The van der Waals surface area contributed by atoms with E-state index in [1.807, 2.05) is 48.5 Å². The van der Waals surface area contributed by atoms with Crippen LogP contribution in [0, 0.1) is 5.82 Å². The van der Waals surface area contributed by atoms with E-state index in [0.29, 0.717) is 23.3 Å². The van der Waals surface area contributed by atoms with Crippen LogP contribution in [0.3, 0.4) is 0 Å². The van der Waals surface area contributed by atoms with Crippen molar-refractivity contribution in [2.75, 3.05) is 6.61 Å². The van der Waals surface area contributed by atoms with Gasteiger partial charge in [-0.1, -0.05) is 107 Å². The van der Waals surface area contributed by atoms with Crippen LogP contribution in [0.15, 0.2) is 66.7 Å². The number of rotatable bonds is 15. The molecule has 3 nitrogen and oxygen atoms in total. The molecule has 3 rings (SSSR count). The summed E-state index contributed by atoms with van der Waals surface area (Å²) in [6.07, 6.45) is 10.9. The number of aryl methyl sites for hydroxylation is 1. The maximum atomic E-state index is 15.3. The molecule has 0 spiro atoms. The molecule has 36 heavy (non-hydrogen) atoms. The Bertz CT molecular complexity index is 1080. The lowest BCUT2D eigenvalue weighted by Gasteiger charge is -2.14. The molecule has 4 heteroatoms. The number of hydrogen-bond acceptors (Lipinski definition) is 3. The standard InChI is InChI=1S/C32H39FO3/c1-3-5-7-8-9-14-22-35-36-32(34)27-19-21-28(26-16-12-10-13-17-26)30(24-27)29-20-18-25(23-31(29)33)15-11-6-4-2/h10,12-13,16-21,23-24H,3-9,11,14-15,22H2,1-2H3. The van der Waals surface area contributed by atoms with E-state index >= 15 is 4.39 Å². The Kier molecular flexibility index (Phi) is 11.7. The van der Waals surface area contributed by atoms with Crippen molar-refractivity contribution in [1.29, 1.82) is 0 Å². The van der Waals surface area contributed by atoms with E-state index in [2.05, 4.69) is 13.8 Å². The van der Waals surface area contributed by atoms with Gasteiger partial charge in [0.15, 0.2) is 0 Å². The van der Waals surface area contributed by atoms with Crippen molar-refractivity contribution in [3.63, 3.8) is 0 Å². The quantitative estimate of drug-likeness (QED) is 0.121. The van der Waals surface area contributed by atoms with E-state index in [1.165, 1.54) is 25.7 Å². The minimum absolute atomic E-state index is 0.286. The van der Waals surface area contributed by atoms with Gasteiger partial charge in [0.25, 0.3) is 0 Å². The molecule has 0 fully saturated rings. The SMILES string of the molecule is CCCCCCCCOOC(=O)c1ccc(-c2ccccc2)c(-c2ccc(CCCCC)cc2F)c1. The van der Waals surface area contributed by atoms with E-state index in [-0.39, 0.29) is 5.82 Å². The van der Waals surface area contributed by atoms with Gasteiger partial charge in [-0.25, -0.2) is 9.18 Å². The summed E-state index contributed by atoms with van der Waals surface area (Å²) in [5.41, 5.74) is 4.26. The van der Waals surface area contributed by atoms with Crippen molar-refractivity contribution in [3.8, 4) is 22.3 Å². The second kappa shape index (κ2) is 15.2. The van der Waals surface area contributed by atoms with Crippen LogP contribution in [0.1, 0.15) is 87.6 Å². The molecule has 0 aromatic heterocycles. The first-order valence-corrected chi connectivity index (χ1v) is 13.5. The van der Waals surface area contributed by atoms with Crippen molar-refractivity contribution in [2.45, 2.75) is 78.1 Å². The summed E-state index contributed by atoms with van der Waals surface area (Å²) in [7, 11) is 0. The van der Waals surface area contributed by atoms with E-state index in [0.717, 1.165) is 55.2 Å². The lowest BCUT2D eigenvalue weighted by atomic mass is 9.91. The van der Waals surface area contributed by atoms with Gasteiger partial charge in [0.05, 0.1) is 12.2 Å². The lowest BCUT2D eigenvalue weighted by molar-refractivity contribution is -0.241. The van der Waals surface area contributed by atoms with Gasteiger partial charge < -0.3 is 0 Å². The fourth-order valence-electron chi connectivity index (χ4n) is 4.36. The van der Waals surface area contributed by atoms with Crippen LogP contribution < -0.4 is 0 Å². The highest BCUT2D eigenvalue weighted by atomic mass is 19.1. The number of unbranched alkanes of at least 4 members (excludes halogenated alkanes) is 7. The van der Waals surface area contributed by atoms with Crippen molar-refractivity contribution in [3.05, 3.63) is 83.7 Å². The third-order valence-corrected chi connectivity index (χ3v) is 6.45. The highest BCUT2D eigenvalue weighted by Crippen LogP contribution is 2.35. The zero-order valence-electron chi connectivity index (χ0n) is 21.7. The maximum Gasteiger partial charge on any atom is 0.373 e. The summed E-state index contributed by atoms with van der Waals surface area (Å²) in [6.45, 7) is 4.73. The van der Waals surface area contributed by atoms with Gasteiger partial charge in [-0.15, -0.1) is 0 Å². The first kappa shape index (κ1) is 27.6. The second-order valence-corrected chi connectivity index (χ2v) is 9.36. The lowest BCUT2D eigenvalue weighted by Crippen LogP contribution is -2.07. The number of halogens is 1. The molecular weight excluding hydrogens is 451 g/mol. The Hall–Kier alpha value is -2.98. The zero-order chi connectivity index (χ0) is 25.6. The molecule has 0 radical (unpaired) electrons. The summed E-state index contributed by atoms with van der Waals surface area (Å²) < 4.78 is 15.3. The number of hydrogen-bond donors (Lipinski definition) is 0. The Morgan fingerprint density at radius 1 is 0.722 bits per heavy atom. The smallest absolute Gasteiger partial charge is 0.293 e. The molecule has 0 aliphatic heterocycles. The highest BCUT2D eigenvalue weighted by molar-refractivity contribution is 5.94. The molecule has 0 atom stereocenters. The fraction of sp³-hybridized carbons (Fsp3) is 0.406. The van der Waals surface area contributed by atoms with Crippen LogP contribution in [0.2, 0.25) is 0 Å². The molecule has 0 aliphatic carbocycles. The molecule has 0 N–H and O–H groups in total. The molecular formula is C32H39FO3. The molecule has 0 unspecified atom stereocenters. The summed E-state index contributed by atoms with van der Waals surface area (Å²) >= 11 is 0. The van der Waals surface area contributed by atoms with Gasteiger partial charge in [-0.2, -0.15) is 4.89 Å². The molecule has 0 saturated carbocycles. The zero-order valence-corrected chi connectivity index (χ0v) is 21.7. The monoisotopic (exact) mass is 490 g/mol. The summed E-state index contributed by atoms with van der Waals surface area (Å²) in [4.78, 5) is 22.9. The highest BCUT2D eigenvalue weighted by Gasteiger charge is 2.17. The van der Waals surface area contributed by atoms with E-state index in [1.54, 1.807) is 18.2 Å². The molecule has 0 amide bonds. The van der Waals surface area contributed by atoms with E-state index in [4.69, 9.17) is 9.78 Å². The first-order chi connectivity index (χ1) is 17.6. The first-order valence-electron chi connectivity index (χ1n) is 13.5. The predicted molar refractivity (Wildman–Crippen MR) is 145 cm³/mol. The fourth-order valence-corrected chi connectivity index (χ4v) is 4.36. The van der Waals surface area contributed by atoms with Crippen molar-refractivity contribution < 1.29 is 19.0 Å². The van der Waals surface area contributed by atoms with Crippen molar-refractivity contribution >= 4 is 5.97 Å². The van der Waals surface area contributed by atoms with E-state index in [9.17, 15) is 4.79 Å². The van der Waals surface area contributed by atoms with Gasteiger partial charge in [0.1, 0.15) is 5.82 Å². The minimum atomic E-state index is -0.571. The Labute approximate surface area is 215 Å². The third-order valence-electron chi connectivity index (χ3n) is 6.45. The number of carbonyl (C=O) groups is 1. The Balaban J connectivity index is 1.76. The minimum Gasteiger partial charge on any atom is -0.293 e. The van der Waals surface area contributed by atoms with Crippen molar-refractivity contribution in [1.82, 2.24) is 0 Å². The Morgan fingerprint density at radius 3 is 2.17 bits per heavy atom. The van der Waals surface area contributed by atoms with E-state index < -0.39 is 5.97 Å². The van der Waals surface area contributed by atoms with Gasteiger partial charge in [-0.3, -0.25) is 4.89 Å². The van der Waals surface area contributed by atoms with Gasteiger partial charge in [0, 0.05) is 5.56 Å². The maximum absolute atomic E-state index is 15.3. The van der Waals surface area contributed by atoms with Crippen LogP contribution in [-0.4, -0.2) is 12.6 Å². The van der Waals surface area contributed by atoms with Gasteiger partial charge in [-0.05, 0) is 59.7 Å². The Morgan fingerprint density at radius 2 is 1.42 bits per heavy atom. The summed E-state index contributed by atoms with van der Waals surface area (Å²) in [5.74, 6) is -0.857. The molecule has 0 bridgehead atoms. The summed E-state index contributed by atoms with van der Waals surface area (Å²) in [6, 6.07) is 20.5. The normalized spacial score (nSPS) is 11.0. The average molecular weight is 491 g/mol. The van der Waals surface area contributed by atoms with Crippen molar-refractivity contribution in [2.24, 2.45) is 0 Å². The second-order valence-electron chi connectivity index (χ2n) is 9.36. The number of benzene rings is 3. The molecule has 0 heterocycles. The van der Waals surface area contributed by atoms with Crippen LogP contribution in [0.5, 0.6) is 0 Å². The summed E-state index contributed by atoms with van der Waals surface area (Å²) in [5, 5.41) is 0. The molecule has 0 aliphatic rings. The van der Waals surface area contributed by atoms with Crippen LogP contribution >= 0.6 is 0 Å². The topological polar surface area (TPSA) is 35.5 Å². The third kappa shape index (κ3) is 8.30. The van der Waals surface area contributed by atoms with Crippen LogP contribution in [-0.2, 0) is 16.2 Å². The molecule has 3 aromatic carbocycles. The van der Waals surface area contributed by atoms with Crippen LogP contribution in [0.4, 0.5) is 4.39 Å².